The predicted molar refractivity (Wildman–Crippen MR) is 110 cm³/mol. The Morgan fingerprint density at radius 3 is 2.68 bits per heavy atom. The van der Waals surface area contributed by atoms with E-state index in [2.05, 4.69) is 10.7 Å². The number of rotatable bonds is 5. The van der Waals surface area contributed by atoms with Gasteiger partial charge in [-0.15, -0.1) is 11.3 Å². The third-order valence-electron chi connectivity index (χ3n) is 5.89. The second-order valence-corrected chi connectivity index (χ2v) is 8.85. The van der Waals surface area contributed by atoms with E-state index in [-0.39, 0.29) is 17.7 Å². The summed E-state index contributed by atoms with van der Waals surface area (Å²) in [6, 6.07) is 7.81. The van der Waals surface area contributed by atoms with Gasteiger partial charge in [-0.05, 0) is 44.7 Å². The van der Waals surface area contributed by atoms with Gasteiger partial charge in [-0.1, -0.05) is 24.1 Å². The standard InChI is InChI=1S/C22H27N3O2S/c1-15-4-2-7-18(12-15)22(27)25-10-8-17(9-11-25)21-24-19(14-28-21)13-23-20(26)16-5-3-6-16/h2,4,7,12,14,16-17H,3,5-6,8-11,13H2,1H3,(H,23,26). The van der Waals surface area contributed by atoms with Crippen molar-refractivity contribution >= 4 is 23.2 Å². The van der Waals surface area contributed by atoms with Crippen molar-refractivity contribution in [2.45, 2.75) is 51.5 Å². The minimum absolute atomic E-state index is 0.126. The molecule has 1 aromatic heterocycles. The van der Waals surface area contributed by atoms with Gasteiger partial charge in [0.15, 0.2) is 0 Å². The molecule has 2 aromatic rings. The molecule has 1 saturated carbocycles. The monoisotopic (exact) mass is 397 g/mol. The zero-order valence-electron chi connectivity index (χ0n) is 16.3. The van der Waals surface area contributed by atoms with Crippen molar-refractivity contribution in [1.82, 2.24) is 15.2 Å². The highest BCUT2D eigenvalue weighted by molar-refractivity contribution is 7.09. The number of piperidine rings is 1. The van der Waals surface area contributed by atoms with E-state index in [1.807, 2.05) is 36.1 Å². The number of hydrogen-bond donors (Lipinski definition) is 1. The summed E-state index contributed by atoms with van der Waals surface area (Å²) in [6.07, 6.45) is 5.10. The van der Waals surface area contributed by atoms with Crippen LogP contribution >= 0.6 is 11.3 Å². The van der Waals surface area contributed by atoms with Crippen molar-refractivity contribution in [2.24, 2.45) is 5.92 Å². The van der Waals surface area contributed by atoms with Gasteiger partial charge in [0.1, 0.15) is 0 Å². The molecule has 2 amide bonds. The Labute approximate surface area is 170 Å². The van der Waals surface area contributed by atoms with Crippen LogP contribution < -0.4 is 5.32 Å². The van der Waals surface area contributed by atoms with E-state index in [1.165, 1.54) is 6.42 Å². The van der Waals surface area contributed by atoms with Crippen LogP contribution in [-0.4, -0.2) is 34.8 Å². The van der Waals surface area contributed by atoms with E-state index < -0.39 is 0 Å². The number of aromatic nitrogens is 1. The fourth-order valence-electron chi connectivity index (χ4n) is 3.87. The number of amides is 2. The normalized spacial score (nSPS) is 18.0. The van der Waals surface area contributed by atoms with Crippen LogP contribution in [0.3, 0.4) is 0 Å². The van der Waals surface area contributed by atoms with E-state index in [0.717, 1.165) is 60.6 Å². The van der Waals surface area contributed by atoms with E-state index in [1.54, 1.807) is 11.3 Å². The molecular formula is C22H27N3O2S. The molecule has 1 aromatic carbocycles. The van der Waals surface area contributed by atoms with Crippen LogP contribution in [0.1, 0.15) is 64.6 Å². The highest BCUT2D eigenvalue weighted by atomic mass is 32.1. The second kappa shape index (κ2) is 8.43. The molecule has 0 atom stereocenters. The van der Waals surface area contributed by atoms with Crippen molar-refractivity contribution in [3.63, 3.8) is 0 Å². The summed E-state index contributed by atoms with van der Waals surface area (Å²) in [5, 5.41) is 6.21. The average Bonchev–Trinajstić information content (AvgIpc) is 3.14. The summed E-state index contributed by atoms with van der Waals surface area (Å²) in [6.45, 7) is 4.07. The molecule has 0 bridgehead atoms. The summed E-state index contributed by atoms with van der Waals surface area (Å²) >= 11 is 1.68. The largest absolute Gasteiger partial charge is 0.350 e. The van der Waals surface area contributed by atoms with Gasteiger partial charge >= 0.3 is 0 Å². The molecule has 0 spiro atoms. The fraction of sp³-hybridized carbons (Fsp3) is 0.500. The maximum atomic E-state index is 12.7. The van der Waals surface area contributed by atoms with Crippen LogP contribution in [-0.2, 0) is 11.3 Å². The lowest BCUT2D eigenvalue weighted by molar-refractivity contribution is -0.127. The molecule has 2 aliphatic rings. The van der Waals surface area contributed by atoms with Crippen LogP contribution in [0.4, 0.5) is 0 Å². The SMILES string of the molecule is Cc1cccc(C(=O)N2CCC(c3nc(CNC(=O)C4CCC4)cs3)CC2)c1. The molecule has 28 heavy (non-hydrogen) atoms. The van der Waals surface area contributed by atoms with Gasteiger partial charge in [-0.3, -0.25) is 9.59 Å². The Hall–Kier alpha value is -2.21. The second-order valence-electron chi connectivity index (χ2n) is 7.96. The molecule has 2 fully saturated rings. The first-order valence-corrected chi connectivity index (χ1v) is 11.1. The number of likely N-dealkylation sites (tertiary alicyclic amines) is 1. The first-order valence-electron chi connectivity index (χ1n) is 10.2. The van der Waals surface area contributed by atoms with Gasteiger partial charge in [-0.2, -0.15) is 0 Å². The van der Waals surface area contributed by atoms with Crippen LogP contribution in [0.5, 0.6) is 0 Å². The van der Waals surface area contributed by atoms with Crippen LogP contribution in [0.15, 0.2) is 29.6 Å². The summed E-state index contributed by atoms with van der Waals surface area (Å²) in [7, 11) is 0. The number of aryl methyl sites for hydroxylation is 1. The quantitative estimate of drug-likeness (QED) is 0.833. The first-order chi connectivity index (χ1) is 13.6. The van der Waals surface area contributed by atoms with E-state index in [4.69, 9.17) is 4.98 Å². The van der Waals surface area contributed by atoms with Crippen molar-refractivity contribution in [3.8, 4) is 0 Å². The third kappa shape index (κ3) is 4.27. The molecule has 4 rings (SSSR count). The Bertz CT molecular complexity index is 851. The first kappa shape index (κ1) is 19.1. The number of thiazole rings is 1. The van der Waals surface area contributed by atoms with Crippen LogP contribution in [0.2, 0.25) is 0 Å². The molecule has 0 unspecified atom stereocenters. The Morgan fingerprint density at radius 2 is 2.00 bits per heavy atom. The molecule has 5 nitrogen and oxygen atoms in total. The Kier molecular flexibility index (Phi) is 5.76. The van der Waals surface area contributed by atoms with E-state index in [0.29, 0.717) is 12.5 Å². The number of hydrogen-bond acceptors (Lipinski definition) is 4. The minimum atomic E-state index is 0.126. The molecule has 148 valence electrons. The summed E-state index contributed by atoms with van der Waals surface area (Å²) < 4.78 is 0. The number of nitrogens with one attached hydrogen (secondary N) is 1. The van der Waals surface area contributed by atoms with Gasteiger partial charge in [0, 0.05) is 35.9 Å². The maximum Gasteiger partial charge on any atom is 0.253 e. The van der Waals surface area contributed by atoms with Crippen LogP contribution in [0.25, 0.3) is 0 Å². The number of benzene rings is 1. The highest BCUT2D eigenvalue weighted by Gasteiger charge is 2.27. The lowest BCUT2D eigenvalue weighted by Gasteiger charge is -2.31. The van der Waals surface area contributed by atoms with Crippen molar-refractivity contribution in [2.75, 3.05) is 13.1 Å². The van der Waals surface area contributed by atoms with Crippen LogP contribution in [0, 0.1) is 12.8 Å². The summed E-state index contributed by atoms with van der Waals surface area (Å²) in [5.74, 6) is 0.917. The zero-order chi connectivity index (χ0) is 19.5. The highest BCUT2D eigenvalue weighted by Crippen LogP contribution is 2.31. The van der Waals surface area contributed by atoms with Gasteiger partial charge in [0.25, 0.3) is 5.91 Å². The zero-order valence-corrected chi connectivity index (χ0v) is 17.1. The topological polar surface area (TPSA) is 62.3 Å². The van der Waals surface area contributed by atoms with Crippen molar-refractivity contribution in [1.29, 1.82) is 0 Å². The molecule has 1 saturated heterocycles. The third-order valence-corrected chi connectivity index (χ3v) is 6.94. The molecule has 6 heteroatoms. The molecule has 1 N–H and O–H groups in total. The molecule has 0 radical (unpaired) electrons. The van der Waals surface area contributed by atoms with E-state index >= 15 is 0 Å². The number of carbonyl (C=O) groups excluding carboxylic acids is 2. The summed E-state index contributed by atoms with van der Waals surface area (Å²) in [5.41, 5.74) is 2.84. The molecular weight excluding hydrogens is 370 g/mol. The lowest BCUT2D eigenvalue weighted by atomic mass is 9.85. The maximum absolute atomic E-state index is 12.7. The van der Waals surface area contributed by atoms with Crippen molar-refractivity contribution in [3.05, 3.63) is 51.5 Å². The number of carbonyl (C=O) groups is 2. The Balaban J connectivity index is 1.28. The fourth-order valence-corrected chi connectivity index (χ4v) is 4.86. The molecule has 2 heterocycles. The van der Waals surface area contributed by atoms with Gasteiger partial charge in [0.05, 0.1) is 17.2 Å². The van der Waals surface area contributed by atoms with Crippen molar-refractivity contribution < 1.29 is 9.59 Å². The lowest BCUT2D eigenvalue weighted by Crippen LogP contribution is -2.38. The van der Waals surface area contributed by atoms with E-state index in [9.17, 15) is 9.59 Å². The molecule has 1 aliphatic carbocycles. The average molecular weight is 398 g/mol. The number of nitrogens with zero attached hydrogens (tertiary/aromatic N) is 2. The predicted octanol–water partition coefficient (Wildman–Crippen LogP) is 3.89. The van der Waals surface area contributed by atoms with Gasteiger partial charge < -0.3 is 10.2 Å². The minimum Gasteiger partial charge on any atom is -0.350 e. The smallest absolute Gasteiger partial charge is 0.253 e. The van der Waals surface area contributed by atoms with Gasteiger partial charge in [0.2, 0.25) is 5.91 Å². The Morgan fingerprint density at radius 1 is 1.21 bits per heavy atom. The van der Waals surface area contributed by atoms with Gasteiger partial charge in [-0.25, -0.2) is 4.98 Å². The summed E-state index contributed by atoms with van der Waals surface area (Å²) in [4.78, 5) is 31.4. The molecule has 1 aliphatic heterocycles.